The van der Waals surface area contributed by atoms with E-state index in [2.05, 4.69) is 10.2 Å². The van der Waals surface area contributed by atoms with Gasteiger partial charge in [-0.2, -0.15) is 19.3 Å². The Kier molecular flexibility index (Phi) is 3.92. The number of hydrogen-bond acceptors (Lipinski definition) is 4. The van der Waals surface area contributed by atoms with Gasteiger partial charge in [-0.05, 0) is 24.6 Å². The van der Waals surface area contributed by atoms with Gasteiger partial charge in [-0.1, -0.05) is 23.2 Å². The molecule has 0 aliphatic carbocycles. The van der Waals surface area contributed by atoms with Crippen molar-refractivity contribution in [3.63, 3.8) is 0 Å². The molecule has 3 rings (SSSR count). The van der Waals surface area contributed by atoms with E-state index in [0.29, 0.717) is 24.5 Å². The van der Waals surface area contributed by atoms with Crippen molar-refractivity contribution >= 4 is 33.2 Å². The maximum atomic E-state index is 12.7. The highest BCUT2D eigenvalue weighted by molar-refractivity contribution is 7.89. The fourth-order valence-corrected chi connectivity index (χ4v) is 4.58. The SMILES string of the molecule is O=S(=O)(c1cc(Cl)ccc1Cl)N1CC[C@@H](n2nccn2)C1. The smallest absolute Gasteiger partial charge is 0.207 e. The molecule has 1 aromatic heterocycles. The molecule has 0 saturated carbocycles. The standard InChI is InChI=1S/C12H12Cl2N4O2S/c13-9-1-2-11(14)12(7-9)21(19,20)17-6-3-10(8-17)18-15-4-5-16-18/h1-2,4-5,7,10H,3,6,8H2/t10-/m1/s1. The quantitative estimate of drug-likeness (QED) is 0.854. The lowest BCUT2D eigenvalue weighted by Gasteiger charge is -2.17. The summed E-state index contributed by atoms with van der Waals surface area (Å²) in [6.07, 6.45) is 3.81. The Balaban J connectivity index is 1.88. The maximum Gasteiger partial charge on any atom is 0.244 e. The predicted molar refractivity (Wildman–Crippen MR) is 78.9 cm³/mol. The lowest BCUT2D eigenvalue weighted by atomic mass is 10.3. The summed E-state index contributed by atoms with van der Waals surface area (Å²) in [7, 11) is -3.67. The van der Waals surface area contributed by atoms with Crippen molar-refractivity contribution in [1.82, 2.24) is 19.3 Å². The van der Waals surface area contributed by atoms with E-state index in [0.717, 1.165) is 0 Å². The normalized spacial score (nSPS) is 20.0. The summed E-state index contributed by atoms with van der Waals surface area (Å²) in [6.45, 7) is 0.719. The highest BCUT2D eigenvalue weighted by atomic mass is 35.5. The molecule has 1 saturated heterocycles. The molecular weight excluding hydrogens is 335 g/mol. The monoisotopic (exact) mass is 346 g/mol. The van der Waals surface area contributed by atoms with Crippen LogP contribution >= 0.6 is 23.2 Å². The van der Waals surface area contributed by atoms with Crippen molar-refractivity contribution in [2.75, 3.05) is 13.1 Å². The van der Waals surface area contributed by atoms with E-state index < -0.39 is 10.0 Å². The fraction of sp³-hybridized carbons (Fsp3) is 0.333. The Morgan fingerprint density at radius 3 is 2.62 bits per heavy atom. The van der Waals surface area contributed by atoms with Gasteiger partial charge in [0.25, 0.3) is 0 Å². The number of nitrogens with zero attached hydrogens (tertiary/aromatic N) is 4. The van der Waals surface area contributed by atoms with E-state index in [9.17, 15) is 8.42 Å². The van der Waals surface area contributed by atoms with Crippen molar-refractivity contribution in [2.45, 2.75) is 17.4 Å². The molecule has 0 amide bonds. The van der Waals surface area contributed by atoms with Crippen LogP contribution in [0.3, 0.4) is 0 Å². The molecule has 1 aliphatic rings. The van der Waals surface area contributed by atoms with Gasteiger partial charge < -0.3 is 0 Å². The lowest BCUT2D eigenvalue weighted by Crippen LogP contribution is -2.29. The zero-order valence-corrected chi connectivity index (χ0v) is 13.2. The molecule has 21 heavy (non-hydrogen) atoms. The summed E-state index contributed by atoms with van der Waals surface area (Å²) in [4.78, 5) is 1.57. The number of aromatic nitrogens is 3. The van der Waals surface area contributed by atoms with Crippen LogP contribution in [0, 0.1) is 0 Å². The molecule has 0 radical (unpaired) electrons. The summed E-state index contributed by atoms with van der Waals surface area (Å²) < 4.78 is 26.7. The fourth-order valence-electron chi connectivity index (χ4n) is 2.35. The van der Waals surface area contributed by atoms with Crippen LogP contribution < -0.4 is 0 Å². The second kappa shape index (κ2) is 5.57. The van der Waals surface area contributed by atoms with E-state index in [-0.39, 0.29) is 16.0 Å². The third-order valence-electron chi connectivity index (χ3n) is 3.40. The number of rotatable bonds is 3. The summed E-state index contributed by atoms with van der Waals surface area (Å²) in [5.74, 6) is 0. The molecule has 2 aromatic rings. The maximum absolute atomic E-state index is 12.7. The van der Waals surface area contributed by atoms with Crippen LogP contribution in [0.4, 0.5) is 0 Å². The largest absolute Gasteiger partial charge is 0.244 e. The number of sulfonamides is 1. The second-order valence-electron chi connectivity index (χ2n) is 4.73. The van der Waals surface area contributed by atoms with Crippen LogP contribution in [0.25, 0.3) is 0 Å². The van der Waals surface area contributed by atoms with E-state index in [1.165, 1.54) is 21.2 Å². The van der Waals surface area contributed by atoms with Gasteiger partial charge in [-0.3, -0.25) is 0 Å². The Bertz CT molecular complexity index is 749. The molecular formula is C12H12Cl2N4O2S. The third kappa shape index (κ3) is 2.78. The van der Waals surface area contributed by atoms with Crippen molar-refractivity contribution in [1.29, 1.82) is 0 Å². The Hall–Kier alpha value is -1.15. The first-order valence-electron chi connectivity index (χ1n) is 6.29. The second-order valence-corrected chi connectivity index (χ2v) is 7.48. The van der Waals surface area contributed by atoms with Crippen molar-refractivity contribution in [3.05, 3.63) is 40.6 Å². The minimum Gasteiger partial charge on any atom is -0.207 e. The molecule has 9 heteroatoms. The molecule has 112 valence electrons. The molecule has 0 N–H and O–H groups in total. The van der Waals surface area contributed by atoms with E-state index in [1.807, 2.05) is 0 Å². The summed E-state index contributed by atoms with van der Waals surface area (Å²) in [5.41, 5.74) is 0. The van der Waals surface area contributed by atoms with Gasteiger partial charge in [0, 0.05) is 18.1 Å². The predicted octanol–water partition coefficient (Wildman–Crippen LogP) is 2.22. The van der Waals surface area contributed by atoms with Gasteiger partial charge >= 0.3 is 0 Å². The van der Waals surface area contributed by atoms with E-state index in [4.69, 9.17) is 23.2 Å². The van der Waals surface area contributed by atoms with Crippen LogP contribution in [0.1, 0.15) is 12.5 Å². The molecule has 2 heterocycles. The Labute approximate surface area is 132 Å². The zero-order chi connectivity index (χ0) is 15.0. The summed E-state index contributed by atoms with van der Waals surface area (Å²) in [5, 5.41) is 8.61. The first-order valence-corrected chi connectivity index (χ1v) is 8.49. The van der Waals surface area contributed by atoms with Crippen LogP contribution in [0.5, 0.6) is 0 Å². The van der Waals surface area contributed by atoms with E-state index >= 15 is 0 Å². The molecule has 1 fully saturated rings. The first-order chi connectivity index (χ1) is 9.98. The van der Waals surface area contributed by atoms with Gasteiger partial charge in [-0.15, -0.1) is 0 Å². The molecule has 0 unspecified atom stereocenters. The minimum atomic E-state index is -3.67. The highest BCUT2D eigenvalue weighted by Crippen LogP contribution is 2.31. The van der Waals surface area contributed by atoms with Crippen LogP contribution in [-0.2, 0) is 10.0 Å². The summed E-state index contributed by atoms with van der Waals surface area (Å²) in [6, 6.07) is 4.36. The van der Waals surface area contributed by atoms with Gasteiger partial charge in [0.05, 0.1) is 23.5 Å². The lowest BCUT2D eigenvalue weighted by molar-refractivity contribution is 0.402. The number of halogens is 2. The Morgan fingerprint density at radius 1 is 1.19 bits per heavy atom. The average molecular weight is 347 g/mol. The van der Waals surface area contributed by atoms with Crippen LogP contribution in [-0.4, -0.2) is 40.8 Å². The first kappa shape index (κ1) is 14.8. The number of benzene rings is 1. The number of hydrogen-bond donors (Lipinski definition) is 0. The highest BCUT2D eigenvalue weighted by Gasteiger charge is 2.35. The Morgan fingerprint density at radius 2 is 1.90 bits per heavy atom. The van der Waals surface area contributed by atoms with Gasteiger partial charge in [0.1, 0.15) is 4.90 Å². The van der Waals surface area contributed by atoms with Gasteiger partial charge in [-0.25, -0.2) is 8.42 Å². The minimum absolute atomic E-state index is 0.0331. The average Bonchev–Trinajstić information content (AvgIpc) is 3.11. The van der Waals surface area contributed by atoms with Crippen molar-refractivity contribution in [2.24, 2.45) is 0 Å². The molecule has 0 spiro atoms. The molecule has 1 aromatic carbocycles. The molecule has 6 nitrogen and oxygen atoms in total. The van der Waals surface area contributed by atoms with Gasteiger partial charge in [0.2, 0.25) is 10.0 Å². The summed E-state index contributed by atoms with van der Waals surface area (Å²) >= 11 is 11.9. The van der Waals surface area contributed by atoms with Crippen molar-refractivity contribution in [3.8, 4) is 0 Å². The third-order valence-corrected chi connectivity index (χ3v) is 5.98. The van der Waals surface area contributed by atoms with Crippen LogP contribution in [0.15, 0.2) is 35.5 Å². The van der Waals surface area contributed by atoms with Crippen LogP contribution in [0.2, 0.25) is 10.0 Å². The molecule has 1 atom stereocenters. The van der Waals surface area contributed by atoms with E-state index in [1.54, 1.807) is 18.5 Å². The molecule has 0 bridgehead atoms. The van der Waals surface area contributed by atoms with Crippen molar-refractivity contribution < 1.29 is 8.42 Å². The topological polar surface area (TPSA) is 68.1 Å². The molecule has 1 aliphatic heterocycles. The zero-order valence-electron chi connectivity index (χ0n) is 10.9. The van der Waals surface area contributed by atoms with Gasteiger partial charge in [0.15, 0.2) is 0 Å².